The van der Waals surface area contributed by atoms with E-state index in [0.717, 1.165) is 5.75 Å². The number of hydrogen-bond acceptors (Lipinski definition) is 7. The third-order valence-corrected chi connectivity index (χ3v) is 3.52. The summed E-state index contributed by atoms with van der Waals surface area (Å²) in [6, 6.07) is 6.22. The molecule has 0 unspecified atom stereocenters. The van der Waals surface area contributed by atoms with Crippen molar-refractivity contribution in [1.82, 2.24) is 0 Å². The summed E-state index contributed by atoms with van der Waals surface area (Å²) in [4.78, 5) is 11.7. The molecule has 23 heavy (non-hydrogen) atoms. The molecule has 3 atom stereocenters. The Hall–Kier alpha value is -1.83. The van der Waals surface area contributed by atoms with Crippen LogP contribution in [0.5, 0.6) is 11.5 Å². The van der Waals surface area contributed by atoms with Gasteiger partial charge in [0.15, 0.2) is 5.79 Å². The molecule has 7 heteroatoms. The van der Waals surface area contributed by atoms with Crippen LogP contribution in [0.1, 0.15) is 13.8 Å². The van der Waals surface area contributed by atoms with E-state index in [1.54, 1.807) is 45.2 Å². The van der Waals surface area contributed by atoms with Gasteiger partial charge in [0.2, 0.25) is 0 Å². The minimum atomic E-state index is -0.939. The van der Waals surface area contributed by atoms with Crippen molar-refractivity contribution in [1.29, 1.82) is 0 Å². The first-order valence-electron chi connectivity index (χ1n) is 7.32. The van der Waals surface area contributed by atoms with Gasteiger partial charge in [0.1, 0.15) is 36.4 Å². The zero-order chi connectivity index (χ0) is 17.0. The van der Waals surface area contributed by atoms with Gasteiger partial charge < -0.3 is 29.4 Å². The lowest BCUT2D eigenvalue weighted by atomic mass is 10.1. The predicted molar refractivity (Wildman–Crippen MR) is 82.3 cm³/mol. The molecule has 1 saturated heterocycles. The number of methoxy groups -OCH3 is 2. The van der Waals surface area contributed by atoms with Crippen molar-refractivity contribution in [3.63, 3.8) is 0 Å². The topological polar surface area (TPSA) is 89.2 Å². The largest absolute Gasteiger partial charge is 0.497 e. The van der Waals surface area contributed by atoms with Crippen LogP contribution in [0.3, 0.4) is 0 Å². The van der Waals surface area contributed by atoms with Gasteiger partial charge in [0.05, 0.1) is 14.2 Å². The Kier molecular flexibility index (Phi) is 5.46. The quantitative estimate of drug-likeness (QED) is 0.783. The summed E-state index contributed by atoms with van der Waals surface area (Å²) < 4.78 is 27.0. The first kappa shape index (κ1) is 17.5. The van der Waals surface area contributed by atoms with Crippen molar-refractivity contribution in [2.75, 3.05) is 20.8 Å². The van der Waals surface area contributed by atoms with Crippen molar-refractivity contribution < 1.29 is 28.5 Å². The summed E-state index contributed by atoms with van der Waals surface area (Å²) >= 11 is 0. The van der Waals surface area contributed by atoms with Crippen LogP contribution in [0.15, 0.2) is 24.3 Å². The van der Waals surface area contributed by atoms with Crippen LogP contribution in [0.2, 0.25) is 0 Å². The van der Waals surface area contributed by atoms with E-state index >= 15 is 0 Å². The fourth-order valence-corrected chi connectivity index (χ4v) is 2.42. The number of carbonyl (C=O) groups is 1. The molecule has 1 fully saturated rings. The summed E-state index contributed by atoms with van der Waals surface area (Å²) in [5.74, 6) is 0.00399. The lowest BCUT2D eigenvalue weighted by Gasteiger charge is -2.21. The molecule has 0 aliphatic carbocycles. The maximum absolute atomic E-state index is 11.7. The van der Waals surface area contributed by atoms with Crippen molar-refractivity contribution in [3.05, 3.63) is 24.3 Å². The van der Waals surface area contributed by atoms with Gasteiger partial charge in [0, 0.05) is 0 Å². The maximum Gasteiger partial charge on any atom is 0.325 e. The second-order valence-electron chi connectivity index (χ2n) is 5.67. The van der Waals surface area contributed by atoms with Gasteiger partial charge in [-0.3, -0.25) is 4.79 Å². The molecule has 7 nitrogen and oxygen atoms in total. The Balaban J connectivity index is 2.01. The Bertz CT molecular complexity index is 530. The van der Waals surface area contributed by atoms with Crippen LogP contribution in [-0.4, -0.2) is 50.8 Å². The molecule has 128 valence electrons. The van der Waals surface area contributed by atoms with E-state index < -0.39 is 30.0 Å². The highest BCUT2D eigenvalue weighted by Gasteiger charge is 2.47. The summed E-state index contributed by atoms with van der Waals surface area (Å²) in [6.45, 7) is 3.72. The lowest BCUT2D eigenvalue weighted by molar-refractivity contribution is -0.157. The van der Waals surface area contributed by atoms with Crippen molar-refractivity contribution in [2.24, 2.45) is 5.73 Å². The molecule has 0 radical (unpaired) electrons. The fourth-order valence-electron chi connectivity index (χ4n) is 2.42. The summed E-state index contributed by atoms with van der Waals surface area (Å²) in [5.41, 5.74) is 5.90. The monoisotopic (exact) mass is 325 g/mol. The van der Waals surface area contributed by atoms with E-state index in [2.05, 4.69) is 4.74 Å². The molecule has 1 heterocycles. The Morgan fingerprint density at radius 2 is 1.83 bits per heavy atom. The van der Waals surface area contributed by atoms with Gasteiger partial charge in [-0.05, 0) is 38.1 Å². The number of carbonyl (C=O) groups excluding carboxylic acids is 1. The highest BCUT2D eigenvalue weighted by molar-refractivity contribution is 5.76. The Morgan fingerprint density at radius 1 is 1.22 bits per heavy atom. The molecule has 1 aliphatic heterocycles. The number of hydrogen-bond donors (Lipinski definition) is 1. The summed E-state index contributed by atoms with van der Waals surface area (Å²) in [6.07, 6.45) is -1.13. The van der Waals surface area contributed by atoms with Gasteiger partial charge in [-0.15, -0.1) is 0 Å². The van der Waals surface area contributed by atoms with E-state index in [0.29, 0.717) is 5.75 Å². The minimum Gasteiger partial charge on any atom is -0.497 e. The summed E-state index contributed by atoms with van der Waals surface area (Å²) in [5, 5.41) is 0. The van der Waals surface area contributed by atoms with E-state index in [-0.39, 0.29) is 6.61 Å². The van der Waals surface area contributed by atoms with Gasteiger partial charge in [0.25, 0.3) is 0 Å². The number of esters is 1. The van der Waals surface area contributed by atoms with Crippen molar-refractivity contribution in [2.45, 2.75) is 37.9 Å². The third-order valence-electron chi connectivity index (χ3n) is 3.52. The molecule has 0 bridgehead atoms. The summed E-state index contributed by atoms with van der Waals surface area (Å²) in [7, 11) is 2.88. The molecule has 1 aromatic rings. The van der Waals surface area contributed by atoms with Crippen LogP contribution < -0.4 is 15.2 Å². The van der Waals surface area contributed by atoms with Crippen molar-refractivity contribution >= 4 is 5.97 Å². The van der Waals surface area contributed by atoms with Crippen LogP contribution in [0.25, 0.3) is 0 Å². The smallest absolute Gasteiger partial charge is 0.325 e. The van der Waals surface area contributed by atoms with Crippen LogP contribution in [0.4, 0.5) is 0 Å². The molecule has 1 aliphatic rings. The second kappa shape index (κ2) is 7.16. The molecule has 0 spiro atoms. The normalized spacial score (nSPS) is 24.0. The third kappa shape index (κ3) is 4.34. The molecule has 2 rings (SSSR count). The number of nitrogens with two attached hydrogens (primary N) is 1. The van der Waals surface area contributed by atoms with Crippen LogP contribution in [-0.2, 0) is 19.0 Å². The highest BCUT2D eigenvalue weighted by Crippen LogP contribution is 2.30. The van der Waals surface area contributed by atoms with Gasteiger partial charge in [-0.1, -0.05) is 0 Å². The lowest BCUT2D eigenvalue weighted by Crippen LogP contribution is -2.49. The molecule has 0 amide bonds. The fraction of sp³-hybridized carbons (Fsp3) is 0.562. The van der Waals surface area contributed by atoms with Gasteiger partial charge in [-0.2, -0.15) is 0 Å². The average Bonchev–Trinajstić information content (AvgIpc) is 2.86. The zero-order valence-corrected chi connectivity index (χ0v) is 13.8. The first-order chi connectivity index (χ1) is 10.9. The maximum atomic E-state index is 11.7. The standard InChI is InChI=1S/C16H23NO6/c1-16(2)22-12(14(23-16)13(17)15(18)20-4)9-21-11-7-5-10(19-3)6-8-11/h5-8,12-14H,9,17H2,1-4H3/t12-,13-,14+/m0/s1. The van der Waals surface area contributed by atoms with Gasteiger partial charge in [-0.25, -0.2) is 0 Å². The van der Waals surface area contributed by atoms with E-state index in [1.807, 2.05) is 0 Å². The van der Waals surface area contributed by atoms with Gasteiger partial charge >= 0.3 is 5.97 Å². The number of benzene rings is 1. The highest BCUT2D eigenvalue weighted by atomic mass is 16.8. The minimum absolute atomic E-state index is 0.200. The van der Waals surface area contributed by atoms with E-state index in [4.69, 9.17) is 24.7 Å². The second-order valence-corrected chi connectivity index (χ2v) is 5.67. The zero-order valence-electron chi connectivity index (χ0n) is 13.8. The Labute approximate surface area is 135 Å². The van der Waals surface area contributed by atoms with E-state index in [1.165, 1.54) is 7.11 Å². The molecular weight excluding hydrogens is 302 g/mol. The molecule has 0 saturated carbocycles. The molecule has 0 aromatic heterocycles. The molecular formula is C16H23NO6. The first-order valence-corrected chi connectivity index (χ1v) is 7.32. The molecule has 2 N–H and O–H groups in total. The van der Waals surface area contributed by atoms with Crippen molar-refractivity contribution in [3.8, 4) is 11.5 Å². The predicted octanol–water partition coefficient (Wildman–Crippen LogP) is 1.09. The van der Waals surface area contributed by atoms with Crippen LogP contribution in [0, 0.1) is 0 Å². The number of ether oxygens (including phenoxy) is 5. The average molecular weight is 325 g/mol. The number of rotatable bonds is 6. The SMILES string of the molecule is COC(=O)[C@@H](N)[C@@H]1OC(C)(C)O[C@H]1COc1ccc(OC)cc1. The molecule has 1 aromatic carbocycles. The van der Waals surface area contributed by atoms with Crippen LogP contribution >= 0.6 is 0 Å². The van der Waals surface area contributed by atoms with E-state index in [9.17, 15) is 4.79 Å². The Morgan fingerprint density at radius 3 is 2.39 bits per heavy atom.